The molecule has 0 aromatic carbocycles. The number of nitrogens with zero attached hydrogens (tertiary/aromatic N) is 1. The van der Waals surface area contributed by atoms with Crippen LogP contribution in [0.25, 0.3) is 0 Å². The molecule has 1 fully saturated rings. The summed E-state index contributed by atoms with van der Waals surface area (Å²) in [6, 6.07) is -2.90. The third-order valence-corrected chi connectivity index (χ3v) is 11.7. The Morgan fingerprint density at radius 1 is 0.558 bits per heavy atom. The number of imide groups is 1. The summed E-state index contributed by atoms with van der Waals surface area (Å²) in [6.07, 6.45) is 0.643. The number of hydrogen-bond donors (Lipinski definition) is 10. The molecule has 4 atom stereocenters. The first-order valence-electron chi connectivity index (χ1n) is 26.1. The van der Waals surface area contributed by atoms with Gasteiger partial charge in [-0.1, -0.05) is 0 Å². The number of alkyl carbamates (subject to hydrolysis) is 2. The number of likely N-dealkylation sites (tertiary alicyclic amines) is 1. The number of aliphatic hydroxyl groups excluding tert-OH is 2. The van der Waals surface area contributed by atoms with Crippen LogP contribution in [0.4, 0.5) is 9.59 Å². The quantitative estimate of drug-likeness (QED) is 0.0256. The number of unbranched alkanes of at least 4 members (excludes halogenated alkanes) is 2. The average molecular weight is 1120 g/mol. The molecule has 1 aliphatic rings. The maximum absolute atomic E-state index is 13.4. The summed E-state index contributed by atoms with van der Waals surface area (Å²) < 4.78 is 31.9. The number of carbonyl (C=O) groups is 10. The van der Waals surface area contributed by atoms with E-state index in [1.54, 1.807) is 41.5 Å². The highest BCUT2D eigenvalue weighted by atomic mass is 32.2. The van der Waals surface area contributed by atoms with Crippen LogP contribution in [0.1, 0.15) is 106 Å². The van der Waals surface area contributed by atoms with Crippen LogP contribution < -0.4 is 42.5 Å². The zero-order chi connectivity index (χ0) is 57.7. The number of carbonyl (C=O) groups excluding carboxylic acids is 10. The predicted octanol–water partition coefficient (Wildman–Crippen LogP) is -1.11. The second-order valence-electron chi connectivity index (χ2n) is 19.5. The first kappa shape index (κ1) is 69.6. The molecular formula is C49H87N9O18S. The van der Waals surface area contributed by atoms with E-state index in [1.165, 1.54) is 6.92 Å². The Bertz CT molecular complexity index is 1840. The molecule has 442 valence electrons. The lowest BCUT2D eigenvalue weighted by molar-refractivity contribution is -0.139. The molecule has 1 heterocycles. The first-order valence-corrected chi connectivity index (χ1v) is 27.1. The Morgan fingerprint density at radius 2 is 0.987 bits per heavy atom. The van der Waals surface area contributed by atoms with Crippen LogP contribution in [0.3, 0.4) is 0 Å². The normalized spacial score (nSPS) is 14.7. The number of amides is 10. The summed E-state index contributed by atoms with van der Waals surface area (Å²) in [6.45, 7) is 12.8. The van der Waals surface area contributed by atoms with Crippen LogP contribution in [0.2, 0.25) is 0 Å². The Balaban J connectivity index is 2.68. The minimum atomic E-state index is -1.03. The maximum Gasteiger partial charge on any atom is 0.407 e. The van der Waals surface area contributed by atoms with E-state index >= 15 is 0 Å². The predicted molar refractivity (Wildman–Crippen MR) is 281 cm³/mol. The smallest absolute Gasteiger partial charge is 0.407 e. The van der Waals surface area contributed by atoms with Crippen molar-refractivity contribution in [2.75, 3.05) is 111 Å². The van der Waals surface area contributed by atoms with Crippen LogP contribution in [-0.4, -0.2) is 220 Å². The summed E-state index contributed by atoms with van der Waals surface area (Å²) >= 11 is 1.02. The minimum absolute atomic E-state index is 0.0226. The van der Waals surface area contributed by atoms with Crippen molar-refractivity contribution in [3.63, 3.8) is 0 Å². The zero-order valence-electron chi connectivity index (χ0n) is 46.0. The van der Waals surface area contributed by atoms with Crippen molar-refractivity contribution < 1.29 is 86.6 Å². The van der Waals surface area contributed by atoms with E-state index in [1.807, 2.05) is 0 Å². The lowest BCUT2D eigenvalue weighted by atomic mass is 10.1. The van der Waals surface area contributed by atoms with Crippen LogP contribution in [-0.2, 0) is 66.8 Å². The molecule has 10 N–H and O–H groups in total. The second kappa shape index (κ2) is 39.9. The van der Waals surface area contributed by atoms with Crippen LogP contribution >= 0.6 is 11.8 Å². The van der Waals surface area contributed by atoms with Gasteiger partial charge in [0.25, 0.3) is 0 Å². The van der Waals surface area contributed by atoms with E-state index in [2.05, 4.69) is 42.5 Å². The van der Waals surface area contributed by atoms with Gasteiger partial charge in [0.05, 0.1) is 71.3 Å². The highest BCUT2D eigenvalue weighted by Gasteiger charge is 2.40. The minimum Gasteiger partial charge on any atom is -0.444 e. The van der Waals surface area contributed by atoms with E-state index in [0.29, 0.717) is 38.6 Å². The van der Waals surface area contributed by atoms with Crippen LogP contribution in [0.5, 0.6) is 0 Å². The molecule has 1 aliphatic heterocycles. The van der Waals surface area contributed by atoms with Crippen molar-refractivity contribution >= 4 is 71.2 Å². The van der Waals surface area contributed by atoms with Gasteiger partial charge in [-0.25, -0.2) is 9.59 Å². The summed E-state index contributed by atoms with van der Waals surface area (Å²) in [5.74, 6) is -4.08. The van der Waals surface area contributed by atoms with Crippen molar-refractivity contribution in [2.24, 2.45) is 0 Å². The third kappa shape index (κ3) is 35.6. The fraction of sp³-hybridized carbons (Fsp3) is 0.796. The average Bonchev–Trinajstić information content (AvgIpc) is 3.61. The van der Waals surface area contributed by atoms with Gasteiger partial charge in [-0.2, -0.15) is 0 Å². The van der Waals surface area contributed by atoms with Gasteiger partial charge < -0.3 is 81.2 Å². The number of hydrogen-bond acceptors (Lipinski definition) is 19. The number of thioether (sulfide) groups is 1. The van der Waals surface area contributed by atoms with Crippen molar-refractivity contribution in [3.8, 4) is 0 Å². The molecular weight excluding hydrogens is 1030 g/mol. The standard InChI is InChI=1S/C49H87N9O18S/c1-34(61)55-37(44(67)52-19-26-73-29-23-60)33-77-38-32-41(64)58(45(38)68)21-14-39(62)56-35(12-8-10-16-53-46(69)75-48(2,3)4)42(65)51-20-27-74-31-30-71-24-15-40(63)57-36(43(66)50-18-25-72-28-22-59)13-9-11-17-54-47(70)76-49(5,6)7/h35-38,59-60H,8-33H2,1-7H3,(H,50,66)(H,51,65)(H,52,67)(H,53,69)(H,54,70)(H,55,61)(H,56,62)(H,57,63). The monoisotopic (exact) mass is 1120 g/mol. The van der Waals surface area contributed by atoms with Crippen molar-refractivity contribution in [2.45, 2.75) is 141 Å². The Labute approximate surface area is 455 Å². The largest absolute Gasteiger partial charge is 0.444 e. The molecule has 0 spiro atoms. The van der Waals surface area contributed by atoms with Gasteiger partial charge in [-0.3, -0.25) is 43.3 Å². The highest BCUT2D eigenvalue weighted by molar-refractivity contribution is 8.00. The Hall–Kier alpha value is -5.39. The second-order valence-corrected chi connectivity index (χ2v) is 20.8. The molecule has 10 amide bonds. The van der Waals surface area contributed by atoms with Gasteiger partial charge in [0, 0.05) is 71.2 Å². The molecule has 27 nitrogen and oxygen atoms in total. The SMILES string of the molecule is CC(=O)NC(CSC1CC(=O)N(CCC(=O)NC(CCCCNC(=O)OC(C)(C)C)C(=O)NCCOCCOCCC(=O)NC(CCCCNC(=O)OC(C)(C)C)C(=O)NCCOCCO)C1=O)C(=O)NCCOCCO. The molecule has 77 heavy (non-hydrogen) atoms. The van der Waals surface area contributed by atoms with Gasteiger partial charge in [0.1, 0.15) is 29.3 Å². The summed E-state index contributed by atoms with van der Waals surface area (Å²) in [5, 5.41) is 38.2. The lowest BCUT2D eigenvalue weighted by Gasteiger charge is -2.21. The number of rotatable bonds is 41. The van der Waals surface area contributed by atoms with E-state index in [4.69, 9.17) is 38.6 Å². The Kier molecular flexibility index (Phi) is 36.1. The van der Waals surface area contributed by atoms with Gasteiger partial charge in [-0.05, 0) is 80.1 Å². The van der Waals surface area contributed by atoms with Crippen LogP contribution in [0, 0.1) is 0 Å². The molecule has 4 unspecified atom stereocenters. The highest BCUT2D eigenvalue weighted by Crippen LogP contribution is 2.26. The molecule has 0 saturated carbocycles. The molecule has 0 radical (unpaired) electrons. The van der Waals surface area contributed by atoms with E-state index in [-0.39, 0.29) is 130 Å². The molecule has 0 aliphatic carbocycles. The van der Waals surface area contributed by atoms with E-state index in [9.17, 15) is 47.9 Å². The third-order valence-electron chi connectivity index (χ3n) is 10.4. The van der Waals surface area contributed by atoms with Gasteiger partial charge in [-0.15, -0.1) is 11.8 Å². The van der Waals surface area contributed by atoms with Crippen molar-refractivity contribution in [3.05, 3.63) is 0 Å². The van der Waals surface area contributed by atoms with Gasteiger partial charge in [0.2, 0.25) is 47.3 Å². The number of ether oxygens (including phenoxy) is 6. The van der Waals surface area contributed by atoms with E-state index in [0.717, 1.165) is 16.7 Å². The Morgan fingerprint density at radius 3 is 1.43 bits per heavy atom. The van der Waals surface area contributed by atoms with Crippen molar-refractivity contribution in [1.82, 2.24) is 47.4 Å². The topological polar surface area (TPSA) is 366 Å². The lowest BCUT2D eigenvalue weighted by Crippen LogP contribution is -2.48. The summed E-state index contributed by atoms with van der Waals surface area (Å²) in [5.41, 5.74) is -1.34. The van der Waals surface area contributed by atoms with Crippen LogP contribution in [0.15, 0.2) is 0 Å². The summed E-state index contributed by atoms with van der Waals surface area (Å²) in [4.78, 5) is 128. The summed E-state index contributed by atoms with van der Waals surface area (Å²) in [7, 11) is 0. The molecule has 28 heteroatoms. The maximum atomic E-state index is 13.4. The number of nitrogens with one attached hydrogen (secondary N) is 8. The molecule has 0 aromatic heterocycles. The molecule has 1 rings (SSSR count). The fourth-order valence-electron chi connectivity index (χ4n) is 6.83. The number of aliphatic hydroxyl groups is 2. The van der Waals surface area contributed by atoms with Gasteiger partial charge in [0.15, 0.2) is 0 Å². The van der Waals surface area contributed by atoms with Crippen molar-refractivity contribution in [1.29, 1.82) is 0 Å². The van der Waals surface area contributed by atoms with Gasteiger partial charge >= 0.3 is 12.2 Å². The van der Waals surface area contributed by atoms with E-state index < -0.39 is 94.0 Å². The fourth-order valence-corrected chi connectivity index (χ4v) is 8.02. The molecule has 0 aromatic rings. The first-order chi connectivity index (χ1) is 36.5. The molecule has 0 bridgehead atoms. The molecule has 1 saturated heterocycles. The zero-order valence-corrected chi connectivity index (χ0v) is 46.8.